The summed E-state index contributed by atoms with van der Waals surface area (Å²) in [6.45, 7) is 3.04. The normalized spacial score (nSPS) is 26.4. The van der Waals surface area contributed by atoms with E-state index in [4.69, 9.17) is 0 Å². The van der Waals surface area contributed by atoms with Crippen molar-refractivity contribution in [3.63, 3.8) is 0 Å². The van der Waals surface area contributed by atoms with Crippen LogP contribution in [0, 0.1) is 21.4 Å². The van der Waals surface area contributed by atoms with E-state index in [0.29, 0.717) is 32.6 Å². The average molecular weight is 402 g/mol. The molecule has 29 heavy (non-hydrogen) atoms. The number of likely N-dealkylation sites (N-methyl/N-ethyl adjacent to an activating group) is 1. The zero-order valence-electron chi connectivity index (χ0n) is 16.5. The summed E-state index contributed by atoms with van der Waals surface area (Å²) < 4.78 is 0. The number of carbonyl (C=O) groups excluding carboxylic acids is 1. The fourth-order valence-electron chi connectivity index (χ4n) is 4.86. The summed E-state index contributed by atoms with van der Waals surface area (Å²) in [5.41, 5.74) is 1.04. The third-order valence-electron chi connectivity index (χ3n) is 6.64. The zero-order chi connectivity index (χ0) is 20.8. The topological polar surface area (TPSA) is 107 Å². The molecule has 0 radical (unpaired) electrons. The van der Waals surface area contributed by atoms with Crippen molar-refractivity contribution >= 4 is 23.3 Å². The highest BCUT2D eigenvalue weighted by atomic mass is 16.6. The highest BCUT2D eigenvalue weighted by molar-refractivity contribution is 5.88. The van der Waals surface area contributed by atoms with Crippen molar-refractivity contribution in [3.8, 4) is 0 Å². The van der Waals surface area contributed by atoms with Crippen molar-refractivity contribution in [2.45, 2.75) is 25.3 Å². The number of carboxylic acids is 1. The Morgan fingerprint density at radius 1 is 1.14 bits per heavy atom. The molecule has 3 fully saturated rings. The van der Waals surface area contributed by atoms with Crippen LogP contribution < -0.4 is 4.90 Å². The Labute approximate surface area is 169 Å². The molecule has 2 saturated heterocycles. The molecule has 1 saturated carbocycles. The Hall–Kier alpha value is -2.68. The van der Waals surface area contributed by atoms with Gasteiger partial charge in [0.05, 0.1) is 10.8 Å². The van der Waals surface area contributed by atoms with E-state index in [-0.39, 0.29) is 17.0 Å². The molecule has 2 unspecified atom stereocenters. The van der Waals surface area contributed by atoms with Crippen LogP contribution in [0.1, 0.15) is 19.3 Å². The summed E-state index contributed by atoms with van der Waals surface area (Å²) in [7, 11) is 1.87. The van der Waals surface area contributed by atoms with Gasteiger partial charge in [0.15, 0.2) is 0 Å². The van der Waals surface area contributed by atoms with Gasteiger partial charge in [-0.25, -0.2) is 0 Å². The number of piperidine rings is 1. The van der Waals surface area contributed by atoms with Crippen molar-refractivity contribution in [1.29, 1.82) is 0 Å². The average Bonchev–Trinajstić information content (AvgIpc) is 3.45. The third-order valence-corrected chi connectivity index (χ3v) is 6.64. The van der Waals surface area contributed by atoms with Crippen molar-refractivity contribution in [3.05, 3.63) is 34.4 Å². The van der Waals surface area contributed by atoms with Crippen molar-refractivity contribution in [2.24, 2.45) is 11.3 Å². The van der Waals surface area contributed by atoms with E-state index in [1.54, 1.807) is 17.0 Å². The molecule has 1 aliphatic carbocycles. The maximum absolute atomic E-state index is 13.2. The van der Waals surface area contributed by atoms with E-state index >= 15 is 0 Å². The maximum atomic E-state index is 13.2. The highest BCUT2D eigenvalue weighted by Crippen LogP contribution is 2.54. The number of nitrogens with zero attached hydrogens (tertiary/aromatic N) is 4. The summed E-state index contributed by atoms with van der Waals surface area (Å²) in [4.78, 5) is 41.3. The van der Waals surface area contributed by atoms with Gasteiger partial charge in [-0.2, -0.15) is 0 Å². The van der Waals surface area contributed by atoms with Gasteiger partial charge in [-0.05, 0) is 43.9 Å². The molecule has 1 aromatic rings. The second kappa shape index (κ2) is 7.29. The fraction of sp³-hybridized carbons (Fsp3) is 0.600. The molecule has 0 aromatic heterocycles. The summed E-state index contributed by atoms with van der Waals surface area (Å²) >= 11 is 0. The molecule has 2 heterocycles. The minimum absolute atomic E-state index is 0.0519. The molecule has 2 aliphatic heterocycles. The first kappa shape index (κ1) is 19.6. The van der Waals surface area contributed by atoms with Crippen molar-refractivity contribution in [1.82, 2.24) is 9.80 Å². The van der Waals surface area contributed by atoms with Crippen LogP contribution in [0.25, 0.3) is 0 Å². The first-order valence-corrected chi connectivity index (χ1v) is 10.0. The third kappa shape index (κ3) is 3.78. The first-order chi connectivity index (χ1) is 13.8. The predicted molar refractivity (Wildman–Crippen MR) is 106 cm³/mol. The molecule has 9 nitrogen and oxygen atoms in total. The number of piperazine rings is 1. The van der Waals surface area contributed by atoms with Gasteiger partial charge in [0.1, 0.15) is 6.04 Å². The molecular formula is C20H26N4O5. The number of carboxylic acid groups (broad SMARTS) is 1. The second-order valence-corrected chi connectivity index (χ2v) is 8.59. The second-order valence-electron chi connectivity index (χ2n) is 8.59. The monoisotopic (exact) mass is 402 g/mol. The number of anilines is 1. The molecule has 1 aromatic carbocycles. The summed E-state index contributed by atoms with van der Waals surface area (Å²) in [6.07, 6.45) is 2.69. The number of rotatable bonds is 4. The van der Waals surface area contributed by atoms with E-state index in [1.165, 1.54) is 12.1 Å². The van der Waals surface area contributed by atoms with Crippen LogP contribution in [-0.2, 0) is 9.59 Å². The van der Waals surface area contributed by atoms with E-state index < -0.39 is 22.9 Å². The Morgan fingerprint density at radius 2 is 1.76 bits per heavy atom. The number of carbonyl (C=O) groups is 2. The van der Waals surface area contributed by atoms with Crippen molar-refractivity contribution < 1.29 is 19.6 Å². The lowest BCUT2D eigenvalue weighted by Crippen LogP contribution is -2.60. The molecule has 3 aliphatic rings. The molecule has 1 N–H and O–H groups in total. The Morgan fingerprint density at radius 3 is 2.28 bits per heavy atom. The van der Waals surface area contributed by atoms with Crippen LogP contribution in [0.4, 0.5) is 11.4 Å². The Balaban J connectivity index is 1.40. The molecule has 4 rings (SSSR count). The lowest BCUT2D eigenvalue weighted by atomic mass is 9.80. The smallest absolute Gasteiger partial charge is 0.308 e. The van der Waals surface area contributed by atoms with E-state index in [1.807, 2.05) is 11.9 Å². The lowest BCUT2D eigenvalue weighted by Gasteiger charge is -2.44. The van der Waals surface area contributed by atoms with Crippen LogP contribution in [0.5, 0.6) is 0 Å². The van der Waals surface area contributed by atoms with Gasteiger partial charge in [0.2, 0.25) is 5.91 Å². The molecule has 2 atom stereocenters. The largest absolute Gasteiger partial charge is 0.481 e. The van der Waals surface area contributed by atoms with Crippen LogP contribution in [0.2, 0.25) is 0 Å². The number of hydrogen-bond acceptors (Lipinski definition) is 6. The van der Waals surface area contributed by atoms with Crippen molar-refractivity contribution in [2.75, 3.05) is 44.7 Å². The Bertz CT molecular complexity index is 815. The number of aliphatic carboxylic acids is 1. The van der Waals surface area contributed by atoms with Crippen LogP contribution in [0.15, 0.2) is 24.3 Å². The molecule has 0 bridgehead atoms. The summed E-state index contributed by atoms with van der Waals surface area (Å²) in [5, 5.41) is 20.5. The van der Waals surface area contributed by atoms with Crippen LogP contribution in [-0.4, -0.2) is 77.5 Å². The first-order valence-electron chi connectivity index (χ1n) is 10.0. The zero-order valence-corrected chi connectivity index (χ0v) is 16.5. The number of hydrogen-bond donors (Lipinski definition) is 1. The summed E-state index contributed by atoms with van der Waals surface area (Å²) in [5.74, 6) is -1.64. The minimum atomic E-state index is -0.884. The predicted octanol–water partition coefficient (Wildman–Crippen LogP) is 1.43. The standard InChI is InChI=1S/C20H26N4O5/c1-21-13-20(6-7-20)12-16(19(26)27)17(21)18(25)23-10-8-22(9-11-23)14-2-4-15(5-3-14)24(28)29/h2-5,16-17H,6-13H2,1H3,(H,26,27). The van der Waals surface area contributed by atoms with Gasteiger partial charge in [-0.3, -0.25) is 24.6 Å². The number of nitro groups is 1. The number of amides is 1. The van der Waals surface area contributed by atoms with Gasteiger partial charge in [0, 0.05) is 50.5 Å². The Kier molecular flexibility index (Phi) is 4.94. The van der Waals surface area contributed by atoms with Gasteiger partial charge in [-0.15, -0.1) is 0 Å². The molecular weight excluding hydrogens is 376 g/mol. The molecule has 1 amide bonds. The van der Waals surface area contributed by atoms with Gasteiger partial charge >= 0.3 is 5.97 Å². The van der Waals surface area contributed by atoms with Gasteiger partial charge < -0.3 is 14.9 Å². The number of non-ortho nitro benzene ring substituents is 1. The molecule has 156 valence electrons. The van der Waals surface area contributed by atoms with Crippen LogP contribution in [0.3, 0.4) is 0 Å². The molecule has 9 heteroatoms. The van der Waals surface area contributed by atoms with Gasteiger partial charge in [-0.1, -0.05) is 0 Å². The molecule has 1 spiro atoms. The number of nitro benzene ring substituents is 1. The SMILES string of the molecule is CN1CC2(CC2)CC(C(=O)O)C1C(=O)N1CCN(c2ccc([N+](=O)[O-])cc2)CC1. The fourth-order valence-corrected chi connectivity index (χ4v) is 4.86. The van der Waals surface area contributed by atoms with E-state index in [9.17, 15) is 24.8 Å². The van der Waals surface area contributed by atoms with Gasteiger partial charge in [0.25, 0.3) is 5.69 Å². The van der Waals surface area contributed by atoms with E-state index in [2.05, 4.69) is 4.90 Å². The lowest BCUT2D eigenvalue weighted by molar-refractivity contribution is -0.384. The van der Waals surface area contributed by atoms with E-state index in [0.717, 1.165) is 25.1 Å². The number of likely N-dealkylation sites (tertiary alicyclic amines) is 1. The van der Waals surface area contributed by atoms with Crippen LogP contribution >= 0.6 is 0 Å². The number of benzene rings is 1. The summed E-state index contributed by atoms with van der Waals surface area (Å²) in [6, 6.07) is 5.80. The quantitative estimate of drug-likeness (QED) is 0.600. The maximum Gasteiger partial charge on any atom is 0.308 e. The highest BCUT2D eigenvalue weighted by Gasteiger charge is 2.55. The minimum Gasteiger partial charge on any atom is -0.481 e.